The van der Waals surface area contributed by atoms with Gasteiger partial charge in [-0.2, -0.15) is 0 Å². The van der Waals surface area contributed by atoms with Crippen LogP contribution in [0.25, 0.3) is 0 Å². The number of likely N-dealkylation sites (tertiary alicyclic amines) is 1. The molecule has 0 amide bonds. The zero-order chi connectivity index (χ0) is 13.4. The molecule has 2 unspecified atom stereocenters. The Morgan fingerprint density at radius 3 is 2.50 bits per heavy atom. The summed E-state index contributed by atoms with van der Waals surface area (Å²) in [6, 6.07) is 1.12. The summed E-state index contributed by atoms with van der Waals surface area (Å²) in [4.78, 5) is 2.62. The molecule has 0 bridgehead atoms. The number of ether oxygens (including phenoxy) is 1. The highest BCUT2D eigenvalue weighted by atomic mass is 16.5. The van der Waals surface area contributed by atoms with Crippen LogP contribution in [0, 0.1) is 5.41 Å². The van der Waals surface area contributed by atoms with Gasteiger partial charge in [-0.1, -0.05) is 20.3 Å². The second-order valence-corrected chi connectivity index (χ2v) is 7.26. The number of nitrogens with zero attached hydrogens (tertiary/aromatic N) is 1. The van der Waals surface area contributed by atoms with Crippen LogP contribution in [0.3, 0.4) is 0 Å². The van der Waals surface area contributed by atoms with Crippen LogP contribution in [-0.4, -0.2) is 42.4 Å². The Hall–Kier alpha value is -0.120. The Balaban J connectivity index is 2.08. The minimum Gasteiger partial charge on any atom is -0.359 e. The molecule has 0 aromatic rings. The van der Waals surface area contributed by atoms with Crippen molar-refractivity contribution in [2.75, 3.05) is 19.7 Å². The molecule has 1 N–H and O–H groups in total. The lowest BCUT2D eigenvalue weighted by Crippen LogP contribution is -2.67. The maximum Gasteiger partial charge on any atom is 0.132 e. The fourth-order valence-electron chi connectivity index (χ4n) is 3.24. The lowest BCUT2D eigenvalue weighted by atomic mass is 9.87. The van der Waals surface area contributed by atoms with Gasteiger partial charge >= 0.3 is 0 Å². The van der Waals surface area contributed by atoms with Crippen molar-refractivity contribution in [2.24, 2.45) is 5.41 Å². The smallest absolute Gasteiger partial charge is 0.132 e. The van der Waals surface area contributed by atoms with E-state index in [0.717, 1.165) is 13.2 Å². The van der Waals surface area contributed by atoms with E-state index in [1.165, 1.54) is 25.8 Å². The van der Waals surface area contributed by atoms with E-state index in [0.29, 0.717) is 12.1 Å². The molecule has 2 aliphatic rings. The van der Waals surface area contributed by atoms with Crippen molar-refractivity contribution in [3.05, 3.63) is 0 Å². The molecule has 0 radical (unpaired) electrons. The van der Waals surface area contributed by atoms with Crippen molar-refractivity contribution in [1.82, 2.24) is 10.2 Å². The first-order chi connectivity index (χ1) is 8.34. The third-order valence-electron chi connectivity index (χ3n) is 4.52. The first-order valence-corrected chi connectivity index (χ1v) is 7.49. The van der Waals surface area contributed by atoms with Crippen LogP contribution in [-0.2, 0) is 4.74 Å². The lowest BCUT2D eigenvalue weighted by Gasteiger charge is -2.52. The van der Waals surface area contributed by atoms with Crippen molar-refractivity contribution in [3.8, 4) is 0 Å². The Morgan fingerprint density at radius 1 is 1.22 bits per heavy atom. The predicted molar refractivity (Wildman–Crippen MR) is 75.6 cm³/mol. The van der Waals surface area contributed by atoms with E-state index in [1.54, 1.807) is 0 Å². The van der Waals surface area contributed by atoms with E-state index in [-0.39, 0.29) is 11.1 Å². The van der Waals surface area contributed by atoms with Crippen LogP contribution >= 0.6 is 0 Å². The van der Waals surface area contributed by atoms with Crippen LogP contribution in [0.15, 0.2) is 0 Å². The number of hydrogen-bond donors (Lipinski definition) is 1. The summed E-state index contributed by atoms with van der Waals surface area (Å²) in [5, 5.41) is 3.68. The van der Waals surface area contributed by atoms with E-state index in [4.69, 9.17) is 4.74 Å². The van der Waals surface area contributed by atoms with Gasteiger partial charge in [-0.25, -0.2) is 0 Å². The molecule has 18 heavy (non-hydrogen) atoms. The lowest BCUT2D eigenvalue weighted by molar-refractivity contribution is -0.174. The molecule has 3 nitrogen and oxygen atoms in total. The molecule has 0 saturated carbocycles. The van der Waals surface area contributed by atoms with E-state index in [1.807, 2.05) is 0 Å². The number of piperidine rings is 1. The molecule has 2 heterocycles. The SMILES string of the molecule is CC(C)N1CCCCC1C1(C)NCC(C)(C)CO1. The summed E-state index contributed by atoms with van der Waals surface area (Å²) in [5.41, 5.74) is 0.0943. The fourth-order valence-corrected chi connectivity index (χ4v) is 3.24. The normalized spacial score (nSPS) is 38.0. The average Bonchev–Trinajstić information content (AvgIpc) is 2.33. The molecule has 2 atom stereocenters. The van der Waals surface area contributed by atoms with E-state index in [9.17, 15) is 0 Å². The quantitative estimate of drug-likeness (QED) is 0.820. The second kappa shape index (κ2) is 5.10. The summed E-state index contributed by atoms with van der Waals surface area (Å²) >= 11 is 0. The topological polar surface area (TPSA) is 24.5 Å². The van der Waals surface area contributed by atoms with Gasteiger partial charge in [0.1, 0.15) is 5.72 Å². The molecule has 2 rings (SSSR count). The molecule has 0 aliphatic carbocycles. The van der Waals surface area contributed by atoms with Crippen LogP contribution in [0.5, 0.6) is 0 Å². The molecule has 2 aliphatic heterocycles. The van der Waals surface area contributed by atoms with E-state index < -0.39 is 0 Å². The molecule has 106 valence electrons. The van der Waals surface area contributed by atoms with Gasteiger partial charge in [0, 0.05) is 18.0 Å². The second-order valence-electron chi connectivity index (χ2n) is 7.26. The highest BCUT2D eigenvalue weighted by molar-refractivity contribution is 4.96. The van der Waals surface area contributed by atoms with Crippen LogP contribution in [0.1, 0.15) is 53.9 Å². The molecule has 0 aromatic carbocycles. The van der Waals surface area contributed by atoms with Crippen molar-refractivity contribution >= 4 is 0 Å². The van der Waals surface area contributed by atoms with Gasteiger partial charge in [0.25, 0.3) is 0 Å². The van der Waals surface area contributed by atoms with Gasteiger partial charge in [0.05, 0.1) is 12.6 Å². The number of hydrogen-bond acceptors (Lipinski definition) is 3. The largest absolute Gasteiger partial charge is 0.359 e. The summed E-state index contributed by atoms with van der Waals surface area (Å²) < 4.78 is 6.25. The van der Waals surface area contributed by atoms with Crippen LogP contribution in [0.2, 0.25) is 0 Å². The van der Waals surface area contributed by atoms with E-state index in [2.05, 4.69) is 44.8 Å². The third-order valence-corrected chi connectivity index (χ3v) is 4.52. The van der Waals surface area contributed by atoms with Crippen LogP contribution < -0.4 is 5.32 Å². The van der Waals surface area contributed by atoms with Gasteiger partial charge in [-0.05, 0) is 40.2 Å². The molecule has 0 aromatic heterocycles. The Bertz CT molecular complexity index is 278. The standard InChI is InChI=1S/C15H30N2O/c1-12(2)17-9-7-6-8-13(17)15(5)16-10-14(3,4)11-18-15/h12-13,16H,6-11H2,1-5H3. The zero-order valence-electron chi connectivity index (χ0n) is 12.8. The van der Waals surface area contributed by atoms with Gasteiger partial charge in [0.15, 0.2) is 0 Å². The molecular formula is C15H30N2O. The zero-order valence-corrected chi connectivity index (χ0v) is 12.8. The molecular weight excluding hydrogens is 224 g/mol. The minimum absolute atomic E-state index is 0.166. The minimum atomic E-state index is -0.166. The fraction of sp³-hybridized carbons (Fsp3) is 1.00. The highest BCUT2D eigenvalue weighted by Gasteiger charge is 2.44. The third kappa shape index (κ3) is 2.89. The average molecular weight is 254 g/mol. The molecule has 2 saturated heterocycles. The summed E-state index contributed by atoms with van der Waals surface area (Å²) in [6.45, 7) is 14.5. The van der Waals surface area contributed by atoms with Gasteiger partial charge in [0.2, 0.25) is 0 Å². The summed E-state index contributed by atoms with van der Waals surface area (Å²) in [6.07, 6.45) is 3.91. The molecule has 3 heteroatoms. The van der Waals surface area contributed by atoms with Crippen molar-refractivity contribution in [1.29, 1.82) is 0 Å². The maximum absolute atomic E-state index is 6.25. The summed E-state index contributed by atoms with van der Waals surface area (Å²) in [7, 11) is 0. The van der Waals surface area contributed by atoms with Crippen molar-refractivity contribution in [3.63, 3.8) is 0 Å². The highest BCUT2D eigenvalue weighted by Crippen LogP contribution is 2.33. The van der Waals surface area contributed by atoms with Crippen LogP contribution in [0.4, 0.5) is 0 Å². The van der Waals surface area contributed by atoms with Crippen molar-refractivity contribution in [2.45, 2.75) is 71.7 Å². The van der Waals surface area contributed by atoms with Crippen molar-refractivity contribution < 1.29 is 4.74 Å². The predicted octanol–water partition coefficient (Wildman–Crippen LogP) is 2.61. The Labute approximate surface area is 112 Å². The number of nitrogens with one attached hydrogen (secondary N) is 1. The van der Waals surface area contributed by atoms with E-state index >= 15 is 0 Å². The van der Waals surface area contributed by atoms with Gasteiger partial charge in [-0.15, -0.1) is 0 Å². The molecule has 0 spiro atoms. The summed E-state index contributed by atoms with van der Waals surface area (Å²) in [5.74, 6) is 0. The number of rotatable bonds is 2. The first-order valence-electron chi connectivity index (χ1n) is 7.49. The Kier molecular flexibility index (Phi) is 4.05. The maximum atomic E-state index is 6.25. The Morgan fingerprint density at radius 2 is 1.94 bits per heavy atom. The first kappa shape index (κ1) is 14.3. The van der Waals surface area contributed by atoms with Gasteiger partial charge in [-0.3, -0.25) is 10.2 Å². The molecule has 2 fully saturated rings. The monoisotopic (exact) mass is 254 g/mol. The van der Waals surface area contributed by atoms with Gasteiger partial charge < -0.3 is 4.74 Å².